The fraction of sp³-hybridized carbons (Fsp3) is 0.278. The van der Waals surface area contributed by atoms with Crippen molar-refractivity contribution in [1.82, 2.24) is 14.8 Å². The summed E-state index contributed by atoms with van der Waals surface area (Å²) in [6, 6.07) is 8.94. The second kappa shape index (κ2) is 6.80. The molecular weight excluding hydrogens is 320 g/mol. The van der Waals surface area contributed by atoms with Crippen LogP contribution in [0.2, 0.25) is 0 Å². The van der Waals surface area contributed by atoms with Gasteiger partial charge in [-0.15, -0.1) is 0 Å². The molecule has 0 radical (unpaired) electrons. The van der Waals surface area contributed by atoms with E-state index in [0.29, 0.717) is 11.4 Å². The quantitative estimate of drug-likeness (QED) is 0.772. The molecule has 2 aromatic heterocycles. The summed E-state index contributed by atoms with van der Waals surface area (Å²) in [5, 5.41) is 8.05. The summed E-state index contributed by atoms with van der Waals surface area (Å²) in [4.78, 5) is 16.7. The first-order valence-corrected chi connectivity index (χ1v) is 7.89. The Kier molecular flexibility index (Phi) is 4.56. The second-order valence-electron chi connectivity index (χ2n) is 5.73. The average molecular weight is 340 g/mol. The number of carbonyl (C=O) groups excluding carboxylic acids is 1. The van der Waals surface area contributed by atoms with Crippen molar-refractivity contribution in [2.75, 3.05) is 12.4 Å². The van der Waals surface area contributed by atoms with Crippen LogP contribution in [0.5, 0.6) is 11.5 Å². The Labute approximate surface area is 145 Å². The first-order chi connectivity index (χ1) is 12.0. The maximum Gasteiger partial charge on any atom is 0.265 e. The van der Waals surface area contributed by atoms with Gasteiger partial charge in [0.1, 0.15) is 11.5 Å². The van der Waals surface area contributed by atoms with E-state index in [2.05, 4.69) is 15.4 Å². The Morgan fingerprint density at radius 1 is 1.24 bits per heavy atom. The topological polar surface area (TPSA) is 78.3 Å². The fourth-order valence-corrected chi connectivity index (χ4v) is 2.53. The third-order valence-corrected chi connectivity index (χ3v) is 3.87. The first-order valence-electron chi connectivity index (χ1n) is 7.89. The number of carbonyl (C=O) groups is 1. The maximum absolute atomic E-state index is 12.4. The van der Waals surface area contributed by atoms with Gasteiger partial charge in [0.05, 0.1) is 24.7 Å². The van der Waals surface area contributed by atoms with Crippen LogP contribution in [0, 0.1) is 6.92 Å². The molecule has 0 aliphatic heterocycles. The van der Waals surface area contributed by atoms with Crippen LogP contribution in [0.3, 0.4) is 0 Å². The highest BCUT2D eigenvalue weighted by atomic mass is 16.5. The van der Waals surface area contributed by atoms with Crippen LogP contribution in [0.15, 0.2) is 36.5 Å². The SMILES string of the molecule is COc1ccc(O[C@@H](C)C(=O)Nc2cnc3c(c2)c(C)nn3C)cc1. The lowest BCUT2D eigenvalue weighted by Gasteiger charge is -2.15. The number of hydrogen-bond donors (Lipinski definition) is 1. The Bertz CT molecular complexity index is 903. The minimum Gasteiger partial charge on any atom is -0.497 e. The van der Waals surface area contributed by atoms with Crippen molar-refractivity contribution in [3.05, 3.63) is 42.2 Å². The Hall–Kier alpha value is -3.09. The normalized spacial score (nSPS) is 12.0. The van der Waals surface area contributed by atoms with Crippen molar-refractivity contribution in [2.24, 2.45) is 7.05 Å². The summed E-state index contributed by atoms with van der Waals surface area (Å²) >= 11 is 0. The van der Waals surface area contributed by atoms with Crippen molar-refractivity contribution in [3.8, 4) is 11.5 Å². The molecule has 7 nitrogen and oxygen atoms in total. The van der Waals surface area contributed by atoms with E-state index >= 15 is 0 Å². The first kappa shape index (κ1) is 16.8. The van der Waals surface area contributed by atoms with Gasteiger partial charge in [-0.2, -0.15) is 5.10 Å². The predicted molar refractivity (Wildman–Crippen MR) is 95.0 cm³/mol. The van der Waals surface area contributed by atoms with E-state index in [-0.39, 0.29) is 5.91 Å². The van der Waals surface area contributed by atoms with Gasteiger partial charge in [0, 0.05) is 12.4 Å². The molecule has 0 aliphatic rings. The molecule has 0 unspecified atom stereocenters. The average Bonchev–Trinajstić information content (AvgIpc) is 2.89. The summed E-state index contributed by atoms with van der Waals surface area (Å²) in [6.07, 6.45) is 0.959. The van der Waals surface area contributed by atoms with Crippen LogP contribution >= 0.6 is 0 Å². The van der Waals surface area contributed by atoms with Gasteiger partial charge in [-0.3, -0.25) is 9.48 Å². The molecule has 1 aromatic carbocycles. The molecule has 0 saturated heterocycles. The zero-order valence-electron chi connectivity index (χ0n) is 14.6. The number of methoxy groups -OCH3 is 1. The molecule has 25 heavy (non-hydrogen) atoms. The second-order valence-corrected chi connectivity index (χ2v) is 5.73. The fourth-order valence-electron chi connectivity index (χ4n) is 2.53. The van der Waals surface area contributed by atoms with Crippen LogP contribution in [0.1, 0.15) is 12.6 Å². The molecule has 2 heterocycles. The number of hydrogen-bond acceptors (Lipinski definition) is 5. The predicted octanol–water partition coefficient (Wildman–Crippen LogP) is 2.69. The highest BCUT2D eigenvalue weighted by Crippen LogP contribution is 2.21. The number of nitrogens with zero attached hydrogens (tertiary/aromatic N) is 3. The summed E-state index contributed by atoms with van der Waals surface area (Å²) in [5.74, 6) is 1.08. The van der Waals surface area contributed by atoms with E-state index in [1.54, 1.807) is 49.2 Å². The van der Waals surface area contributed by atoms with E-state index in [9.17, 15) is 4.79 Å². The van der Waals surface area contributed by atoms with E-state index in [1.165, 1.54) is 0 Å². The largest absolute Gasteiger partial charge is 0.497 e. The van der Waals surface area contributed by atoms with Crippen molar-refractivity contribution < 1.29 is 14.3 Å². The third-order valence-electron chi connectivity index (χ3n) is 3.87. The van der Waals surface area contributed by atoms with Crippen molar-refractivity contribution >= 4 is 22.6 Å². The molecule has 1 atom stereocenters. The van der Waals surface area contributed by atoms with Gasteiger partial charge in [-0.25, -0.2) is 4.98 Å². The van der Waals surface area contributed by atoms with Crippen molar-refractivity contribution in [2.45, 2.75) is 20.0 Å². The van der Waals surface area contributed by atoms with E-state index in [0.717, 1.165) is 22.5 Å². The number of rotatable bonds is 5. The Balaban J connectivity index is 1.69. The molecule has 0 bridgehead atoms. The van der Waals surface area contributed by atoms with Gasteiger partial charge in [0.2, 0.25) is 0 Å². The summed E-state index contributed by atoms with van der Waals surface area (Å²) < 4.78 is 12.5. The molecule has 3 aromatic rings. The van der Waals surface area contributed by atoms with Gasteiger partial charge in [-0.1, -0.05) is 0 Å². The third kappa shape index (κ3) is 3.55. The summed E-state index contributed by atoms with van der Waals surface area (Å²) in [6.45, 7) is 3.60. The molecule has 0 aliphatic carbocycles. The lowest BCUT2D eigenvalue weighted by atomic mass is 10.2. The molecule has 130 valence electrons. The maximum atomic E-state index is 12.4. The molecular formula is C18H20N4O3. The molecule has 7 heteroatoms. The molecule has 0 fully saturated rings. The molecule has 0 saturated carbocycles. The standard InChI is InChI=1S/C18H20N4O3/c1-11-16-9-13(10-19-17(16)22(3)21-11)20-18(23)12(2)25-15-7-5-14(24-4)6-8-15/h5-10,12H,1-4H3,(H,20,23)/t12-/m0/s1. The number of nitrogens with one attached hydrogen (secondary N) is 1. The Morgan fingerprint density at radius 2 is 1.92 bits per heavy atom. The summed E-state index contributed by atoms with van der Waals surface area (Å²) in [5.41, 5.74) is 2.25. The Morgan fingerprint density at radius 3 is 2.60 bits per heavy atom. The monoisotopic (exact) mass is 340 g/mol. The smallest absolute Gasteiger partial charge is 0.265 e. The van der Waals surface area contributed by atoms with Gasteiger partial charge in [0.15, 0.2) is 11.8 Å². The molecule has 1 N–H and O–H groups in total. The molecule has 1 amide bonds. The summed E-state index contributed by atoms with van der Waals surface area (Å²) in [7, 11) is 3.44. The number of aryl methyl sites for hydroxylation is 2. The number of ether oxygens (including phenoxy) is 2. The van der Waals surface area contributed by atoms with Gasteiger partial charge >= 0.3 is 0 Å². The minimum atomic E-state index is -0.654. The van der Waals surface area contributed by atoms with Crippen LogP contribution in [0.25, 0.3) is 11.0 Å². The van der Waals surface area contributed by atoms with Crippen molar-refractivity contribution in [1.29, 1.82) is 0 Å². The number of aromatic nitrogens is 3. The van der Waals surface area contributed by atoms with Gasteiger partial charge in [-0.05, 0) is 44.2 Å². The highest BCUT2D eigenvalue weighted by molar-refractivity contribution is 5.95. The van der Waals surface area contributed by atoms with Gasteiger partial charge < -0.3 is 14.8 Å². The zero-order chi connectivity index (χ0) is 18.0. The number of amides is 1. The minimum absolute atomic E-state index is 0.251. The van der Waals surface area contributed by atoms with Crippen LogP contribution in [-0.2, 0) is 11.8 Å². The lowest BCUT2D eigenvalue weighted by molar-refractivity contribution is -0.122. The van der Waals surface area contributed by atoms with E-state index in [1.807, 2.05) is 20.0 Å². The van der Waals surface area contributed by atoms with Gasteiger partial charge in [0.25, 0.3) is 5.91 Å². The number of anilines is 1. The lowest BCUT2D eigenvalue weighted by Crippen LogP contribution is -2.30. The van der Waals surface area contributed by atoms with Crippen LogP contribution in [-0.4, -0.2) is 33.9 Å². The number of pyridine rings is 1. The molecule has 3 rings (SSSR count). The molecule has 0 spiro atoms. The van der Waals surface area contributed by atoms with Crippen molar-refractivity contribution in [3.63, 3.8) is 0 Å². The van der Waals surface area contributed by atoms with Crippen LogP contribution in [0.4, 0.5) is 5.69 Å². The van der Waals surface area contributed by atoms with Crippen LogP contribution < -0.4 is 14.8 Å². The zero-order valence-corrected chi connectivity index (χ0v) is 14.6. The number of fused-ring (bicyclic) bond motifs is 1. The highest BCUT2D eigenvalue weighted by Gasteiger charge is 2.16. The van der Waals surface area contributed by atoms with E-state index < -0.39 is 6.10 Å². The number of benzene rings is 1. The van der Waals surface area contributed by atoms with E-state index in [4.69, 9.17) is 9.47 Å².